The smallest absolute Gasteiger partial charge is 0.252 e. The molecular formula is C14H14N4OS. The molecule has 0 aromatic carbocycles. The Labute approximate surface area is 120 Å². The number of amides is 1. The topological polar surface area (TPSA) is 59.3 Å². The third kappa shape index (κ3) is 2.42. The predicted molar refractivity (Wildman–Crippen MR) is 77.8 cm³/mol. The first-order chi connectivity index (χ1) is 9.78. The predicted octanol–water partition coefficient (Wildman–Crippen LogP) is 2.67. The molecule has 0 saturated heterocycles. The molecule has 0 spiro atoms. The van der Waals surface area contributed by atoms with Crippen molar-refractivity contribution in [2.45, 2.75) is 19.4 Å². The largest absolute Gasteiger partial charge is 0.344 e. The Bertz CT molecular complexity index is 687. The van der Waals surface area contributed by atoms with Gasteiger partial charge in [-0.15, -0.1) is 0 Å². The molecule has 1 atom stereocenters. The van der Waals surface area contributed by atoms with E-state index in [-0.39, 0.29) is 11.9 Å². The lowest BCUT2D eigenvalue weighted by molar-refractivity contribution is 0.0935. The van der Waals surface area contributed by atoms with Crippen molar-refractivity contribution in [1.82, 2.24) is 19.7 Å². The van der Waals surface area contributed by atoms with Gasteiger partial charge in [-0.05, 0) is 23.9 Å². The van der Waals surface area contributed by atoms with Crippen LogP contribution in [0, 0.1) is 0 Å². The Hall–Kier alpha value is -2.21. The normalized spacial score (nSPS) is 12.4. The molecule has 0 bridgehead atoms. The van der Waals surface area contributed by atoms with Gasteiger partial charge in [-0.1, -0.05) is 6.92 Å². The van der Waals surface area contributed by atoms with Gasteiger partial charge in [0.25, 0.3) is 5.91 Å². The average molecular weight is 286 g/mol. The molecule has 0 aliphatic carbocycles. The number of fused-ring (bicyclic) bond motifs is 1. The Morgan fingerprint density at radius 3 is 3.15 bits per heavy atom. The fraction of sp³-hybridized carbons (Fsp3) is 0.214. The van der Waals surface area contributed by atoms with E-state index >= 15 is 0 Å². The second kappa shape index (κ2) is 5.42. The summed E-state index contributed by atoms with van der Waals surface area (Å²) in [5.41, 5.74) is 1.52. The zero-order valence-corrected chi connectivity index (χ0v) is 11.8. The number of hydrogen-bond donors (Lipinski definition) is 1. The number of aromatic nitrogens is 3. The minimum Gasteiger partial charge on any atom is -0.344 e. The van der Waals surface area contributed by atoms with Crippen molar-refractivity contribution >= 4 is 23.0 Å². The summed E-state index contributed by atoms with van der Waals surface area (Å²) in [6.45, 7) is 2.02. The van der Waals surface area contributed by atoms with Crippen LogP contribution in [0.3, 0.4) is 0 Å². The second-order valence-corrected chi connectivity index (χ2v) is 5.22. The van der Waals surface area contributed by atoms with Gasteiger partial charge in [-0.3, -0.25) is 9.20 Å². The van der Waals surface area contributed by atoms with E-state index in [0.717, 1.165) is 12.1 Å². The lowest BCUT2D eigenvalue weighted by atomic mass is 10.1. The number of nitrogens with one attached hydrogen (secondary N) is 1. The van der Waals surface area contributed by atoms with Crippen LogP contribution in [0.15, 0.2) is 41.5 Å². The van der Waals surface area contributed by atoms with Crippen molar-refractivity contribution in [3.8, 4) is 0 Å². The molecule has 6 heteroatoms. The quantitative estimate of drug-likeness (QED) is 0.802. The van der Waals surface area contributed by atoms with Gasteiger partial charge in [0.2, 0.25) is 5.78 Å². The highest BCUT2D eigenvalue weighted by atomic mass is 32.1. The maximum absolute atomic E-state index is 12.1. The summed E-state index contributed by atoms with van der Waals surface area (Å²) < 4.78 is 1.86. The SMILES string of the molecule is CCC(NC(=O)c1ccsc1)c1cn2cccnc2n1. The Morgan fingerprint density at radius 2 is 2.45 bits per heavy atom. The molecular weight excluding hydrogens is 272 g/mol. The van der Waals surface area contributed by atoms with Crippen molar-refractivity contribution in [3.05, 3.63) is 52.7 Å². The maximum atomic E-state index is 12.1. The highest BCUT2D eigenvalue weighted by molar-refractivity contribution is 7.08. The molecule has 0 saturated carbocycles. The van der Waals surface area contributed by atoms with Crippen LogP contribution in [0.4, 0.5) is 0 Å². The fourth-order valence-corrected chi connectivity index (χ4v) is 2.67. The van der Waals surface area contributed by atoms with Crippen LogP contribution in [0.1, 0.15) is 35.4 Å². The van der Waals surface area contributed by atoms with Gasteiger partial charge >= 0.3 is 0 Å². The number of rotatable bonds is 4. The summed E-state index contributed by atoms with van der Waals surface area (Å²) in [5, 5.41) is 6.74. The standard InChI is InChI=1S/C14H14N4OS/c1-2-11(16-13(19)10-4-7-20-9-10)12-8-18-6-3-5-15-14(18)17-12/h3-9,11H,2H2,1H3,(H,16,19). The van der Waals surface area contributed by atoms with Gasteiger partial charge in [-0.2, -0.15) is 11.3 Å². The molecule has 0 aliphatic heterocycles. The molecule has 3 aromatic rings. The average Bonchev–Trinajstić information content (AvgIpc) is 3.12. The number of nitrogens with zero attached hydrogens (tertiary/aromatic N) is 3. The number of carbonyl (C=O) groups is 1. The molecule has 3 rings (SSSR count). The number of hydrogen-bond acceptors (Lipinski definition) is 4. The summed E-state index contributed by atoms with van der Waals surface area (Å²) in [4.78, 5) is 20.8. The van der Waals surface area contributed by atoms with Gasteiger partial charge in [-0.25, -0.2) is 9.97 Å². The molecule has 1 unspecified atom stereocenters. The first kappa shape index (κ1) is 12.8. The van der Waals surface area contributed by atoms with E-state index < -0.39 is 0 Å². The van der Waals surface area contributed by atoms with Gasteiger partial charge in [0.05, 0.1) is 17.3 Å². The van der Waals surface area contributed by atoms with Crippen LogP contribution in [0.2, 0.25) is 0 Å². The molecule has 3 aromatic heterocycles. The molecule has 5 nitrogen and oxygen atoms in total. The van der Waals surface area contributed by atoms with E-state index in [9.17, 15) is 4.79 Å². The van der Waals surface area contributed by atoms with Crippen molar-refractivity contribution in [1.29, 1.82) is 0 Å². The first-order valence-electron chi connectivity index (χ1n) is 6.40. The summed E-state index contributed by atoms with van der Waals surface area (Å²) in [6.07, 6.45) is 6.29. The van der Waals surface area contributed by atoms with Crippen LogP contribution >= 0.6 is 11.3 Å². The van der Waals surface area contributed by atoms with Crippen molar-refractivity contribution in [2.24, 2.45) is 0 Å². The van der Waals surface area contributed by atoms with E-state index in [4.69, 9.17) is 0 Å². The summed E-state index contributed by atoms with van der Waals surface area (Å²) in [5.74, 6) is 0.578. The molecule has 1 N–H and O–H groups in total. The van der Waals surface area contributed by atoms with E-state index in [0.29, 0.717) is 11.3 Å². The molecule has 102 valence electrons. The summed E-state index contributed by atoms with van der Waals surface area (Å²) in [7, 11) is 0. The lowest BCUT2D eigenvalue weighted by Gasteiger charge is -2.13. The number of carbonyl (C=O) groups excluding carboxylic acids is 1. The van der Waals surface area contributed by atoms with Gasteiger partial charge in [0, 0.05) is 24.0 Å². The molecule has 20 heavy (non-hydrogen) atoms. The Kier molecular flexibility index (Phi) is 3.47. The van der Waals surface area contributed by atoms with Crippen LogP contribution in [0.25, 0.3) is 5.78 Å². The Morgan fingerprint density at radius 1 is 1.55 bits per heavy atom. The minimum atomic E-state index is -0.107. The first-order valence-corrected chi connectivity index (χ1v) is 7.35. The number of thiophene rings is 1. The van der Waals surface area contributed by atoms with Crippen molar-refractivity contribution < 1.29 is 4.79 Å². The van der Waals surface area contributed by atoms with E-state index in [1.165, 1.54) is 11.3 Å². The van der Waals surface area contributed by atoms with E-state index in [1.54, 1.807) is 6.20 Å². The lowest BCUT2D eigenvalue weighted by Crippen LogP contribution is -2.28. The second-order valence-electron chi connectivity index (χ2n) is 4.44. The monoisotopic (exact) mass is 286 g/mol. The highest BCUT2D eigenvalue weighted by Crippen LogP contribution is 2.17. The van der Waals surface area contributed by atoms with Crippen molar-refractivity contribution in [3.63, 3.8) is 0 Å². The maximum Gasteiger partial charge on any atom is 0.252 e. The number of imidazole rings is 1. The minimum absolute atomic E-state index is 0.0666. The molecule has 0 aliphatic rings. The van der Waals surface area contributed by atoms with Crippen LogP contribution in [-0.4, -0.2) is 20.3 Å². The Balaban J connectivity index is 1.84. The third-order valence-electron chi connectivity index (χ3n) is 3.11. The van der Waals surface area contributed by atoms with E-state index in [1.807, 2.05) is 46.6 Å². The zero-order valence-electron chi connectivity index (χ0n) is 11.0. The molecule has 0 radical (unpaired) electrons. The molecule has 0 fully saturated rings. The highest BCUT2D eigenvalue weighted by Gasteiger charge is 2.17. The van der Waals surface area contributed by atoms with Crippen molar-refractivity contribution in [2.75, 3.05) is 0 Å². The zero-order chi connectivity index (χ0) is 13.9. The summed E-state index contributed by atoms with van der Waals surface area (Å²) in [6, 6.07) is 3.56. The molecule has 1 amide bonds. The van der Waals surface area contributed by atoms with Gasteiger partial charge in [0.1, 0.15) is 0 Å². The molecule has 3 heterocycles. The van der Waals surface area contributed by atoms with Crippen LogP contribution in [0.5, 0.6) is 0 Å². The third-order valence-corrected chi connectivity index (χ3v) is 3.79. The van der Waals surface area contributed by atoms with Crippen LogP contribution in [-0.2, 0) is 0 Å². The van der Waals surface area contributed by atoms with Gasteiger partial charge in [0.15, 0.2) is 0 Å². The summed E-state index contributed by atoms with van der Waals surface area (Å²) >= 11 is 1.51. The fourth-order valence-electron chi connectivity index (χ4n) is 2.04. The van der Waals surface area contributed by atoms with E-state index in [2.05, 4.69) is 15.3 Å². The van der Waals surface area contributed by atoms with Crippen LogP contribution < -0.4 is 5.32 Å². The van der Waals surface area contributed by atoms with Gasteiger partial charge < -0.3 is 5.32 Å².